The number of halogens is 4. The molecule has 0 fully saturated rings. The number of aryl methyl sites for hydroxylation is 6. The number of rotatable bonds is 6. The van der Waals surface area contributed by atoms with E-state index in [4.69, 9.17) is 91.7 Å². The molecule has 0 N–H and O–H groups in total. The van der Waals surface area contributed by atoms with E-state index in [2.05, 4.69) is 59.7 Å². The molecule has 6 rings (SSSR count). The van der Waals surface area contributed by atoms with E-state index in [0.717, 1.165) is 72.7 Å². The first-order valence-electron chi connectivity index (χ1n) is 15.1. The van der Waals surface area contributed by atoms with Crippen LogP contribution < -0.4 is 0 Å². The van der Waals surface area contributed by atoms with E-state index in [9.17, 15) is 0 Å². The van der Waals surface area contributed by atoms with Crippen LogP contribution in [0.1, 0.15) is 75.7 Å². The van der Waals surface area contributed by atoms with E-state index >= 15 is 0 Å². The van der Waals surface area contributed by atoms with Crippen LogP contribution in [0.5, 0.6) is 0 Å². The highest BCUT2D eigenvalue weighted by molar-refractivity contribution is 6.41. The Bertz CT molecular complexity index is 1520. The van der Waals surface area contributed by atoms with E-state index in [1.165, 1.54) is 0 Å². The zero-order valence-electron chi connectivity index (χ0n) is 26.7. The number of nitrogens with zero attached hydrogens (tertiary/aromatic N) is 13. The smallest absolute Gasteiger partial charge is 0.212 e. The third-order valence-corrected chi connectivity index (χ3v) is 7.04. The molecule has 3 aromatic heterocycles. The third-order valence-electron chi connectivity index (χ3n) is 7.04. The van der Waals surface area contributed by atoms with E-state index < -0.39 is 0 Å². The maximum absolute atomic E-state index is 4.83. The van der Waals surface area contributed by atoms with Crippen molar-refractivity contribution in [2.45, 2.75) is 80.1 Å². The third kappa shape index (κ3) is 7.43. The molecule has 17 heteroatoms. The average molecular weight is 710 g/mol. The summed E-state index contributed by atoms with van der Waals surface area (Å²) in [5.74, 6) is 2.27. The highest BCUT2D eigenvalue weighted by atomic mass is 35.5. The van der Waals surface area contributed by atoms with Crippen LogP contribution in [0.25, 0.3) is 0 Å². The van der Waals surface area contributed by atoms with E-state index in [-0.39, 0.29) is 10.7 Å². The van der Waals surface area contributed by atoms with Crippen LogP contribution in [0.4, 0.5) is 0 Å². The minimum atomic E-state index is 0.194. The zero-order chi connectivity index (χ0) is 33.4. The van der Waals surface area contributed by atoms with Gasteiger partial charge in [-0.2, -0.15) is 45.3 Å². The molecule has 0 radical (unpaired) electrons. The van der Waals surface area contributed by atoms with Gasteiger partial charge in [0.15, 0.2) is 0 Å². The number of alkyl halides is 4. The van der Waals surface area contributed by atoms with Crippen LogP contribution in [-0.4, -0.2) is 80.7 Å². The predicted octanol–water partition coefficient (Wildman–Crippen LogP) is 5.92. The summed E-state index contributed by atoms with van der Waals surface area (Å²) in [6.45, 7) is 12.5. The lowest BCUT2D eigenvalue weighted by Gasteiger charge is -2.30. The molecule has 0 unspecified atom stereocenters. The molecular weight excluding hydrogens is 672 g/mol. The molecule has 0 spiro atoms. The monoisotopic (exact) mass is 707 g/mol. The maximum Gasteiger partial charge on any atom is 0.257 e. The molecule has 0 aliphatic carbocycles. The minimum Gasteiger partial charge on any atom is -0.212 e. The lowest BCUT2D eigenvalue weighted by Crippen LogP contribution is -2.50. The van der Waals surface area contributed by atoms with Gasteiger partial charge in [0.25, 0.3) is 17.9 Å². The molecule has 3 aromatic rings. The molecule has 0 aromatic carbocycles. The van der Waals surface area contributed by atoms with Crippen LogP contribution in [0.3, 0.4) is 0 Å². The van der Waals surface area contributed by atoms with Crippen LogP contribution in [-0.2, 0) is 38.5 Å². The molecule has 3 aliphatic rings. The summed E-state index contributed by atoms with van der Waals surface area (Å²) >= 11 is 19.1. The first-order chi connectivity index (χ1) is 22.3. The number of guanidine groups is 3. The molecule has 46 heavy (non-hydrogen) atoms. The molecule has 0 saturated carbocycles. The van der Waals surface area contributed by atoms with Crippen molar-refractivity contribution in [1.82, 2.24) is 34.2 Å². The summed E-state index contributed by atoms with van der Waals surface area (Å²) in [5, 5.41) is 14.7. The van der Waals surface area contributed by atoms with Gasteiger partial charge in [-0.25, -0.2) is 18.9 Å². The highest BCUT2D eigenvalue weighted by Crippen LogP contribution is 2.21. The van der Waals surface area contributed by atoms with Gasteiger partial charge in [-0.3, -0.25) is 0 Å². The van der Waals surface area contributed by atoms with Crippen LogP contribution in [0.2, 0.25) is 0 Å². The topological polar surface area (TPSA) is 131 Å². The molecular formula is C29H37Cl4N13. The van der Waals surface area contributed by atoms with Crippen molar-refractivity contribution in [2.75, 3.05) is 10.7 Å². The van der Waals surface area contributed by atoms with Gasteiger partial charge >= 0.3 is 0 Å². The number of hydrogen-bond acceptors (Lipinski definition) is 10. The summed E-state index contributed by atoms with van der Waals surface area (Å²) < 4.78 is 5.33. The SMILES string of the molecule is CCc1cc(CC)n(C2=NC3=NC(n4nc(CC)cc4CC)=NC4=NC(n5nc(CC)cc5CC)=NC(=N2)N34)n1.ClCCl.ClCCl. The first-order valence-corrected chi connectivity index (χ1v) is 17.3. The Hall–Kier alpha value is -3.39. The molecule has 0 amide bonds. The second kappa shape index (κ2) is 16.4. The second-order valence-electron chi connectivity index (χ2n) is 9.75. The molecule has 6 heterocycles. The van der Waals surface area contributed by atoms with E-state index in [1.807, 2.05) is 0 Å². The van der Waals surface area contributed by atoms with Crippen molar-refractivity contribution in [2.24, 2.45) is 30.0 Å². The number of hydrogen-bond donors (Lipinski definition) is 0. The quantitative estimate of drug-likeness (QED) is 0.294. The van der Waals surface area contributed by atoms with Crippen LogP contribution in [0, 0.1) is 0 Å². The van der Waals surface area contributed by atoms with Crippen molar-refractivity contribution in [3.63, 3.8) is 0 Å². The van der Waals surface area contributed by atoms with Gasteiger partial charge in [0.2, 0.25) is 17.9 Å². The van der Waals surface area contributed by atoms with E-state index in [0.29, 0.717) is 35.8 Å². The zero-order valence-corrected chi connectivity index (χ0v) is 29.7. The van der Waals surface area contributed by atoms with Crippen molar-refractivity contribution >= 4 is 82.2 Å². The van der Waals surface area contributed by atoms with Gasteiger partial charge in [0, 0.05) is 17.1 Å². The van der Waals surface area contributed by atoms with Crippen molar-refractivity contribution in [3.05, 3.63) is 52.4 Å². The van der Waals surface area contributed by atoms with Gasteiger partial charge in [-0.05, 0) is 56.7 Å². The van der Waals surface area contributed by atoms with Gasteiger partial charge in [-0.1, -0.05) is 41.5 Å². The largest absolute Gasteiger partial charge is 0.257 e. The lowest BCUT2D eigenvalue weighted by molar-refractivity contribution is 0.760. The fourth-order valence-corrected chi connectivity index (χ4v) is 4.76. The summed E-state index contributed by atoms with van der Waals surface area (Å²) in [7, 11) is 0. The molecule has 0 saturated heterocycles. The Kier molecular flexibility index (Phi) is 12.7. The Labute approximate surface area is 288 Å². The summed E-state index contributed by atoms with van der Waals surface area (Å²) in [5.41, 5.74) is 5.93. The van der Waals surface area contributed by atoms with Crippen molar-refractivity contribution in [3.8, 4) is 0 Å². The fourth-order valence-electron chi connectivity index (χ4n) is 4.76. The molecule has 0 atom stereocenters. The van der Waals surface area contributed by atoms with E-state index in [1.54, 1.807) is 18.9 Å². The second-order valence-corrected chi connectivity index (χ2v) is 11.4. The molecule has 3 aliphatic heterocycles. The van der Waals surface area contributed by atoms with Gasteiger partial charge in [0.1, 0.15) is 0 Å². The number of aliphatic imine (C=N–C) groups is 6. The molecule has 246 valence electrons. The Morgan fingerprint density at radius 3 is 0.870 bits per heavy atom. The van der Waals surface area contributed by atoms with Gasteiger partial charge in [0.05, 0.1) is 27.8 Å². The lowest BCUT2D eigenvalue weighted by atomic mass is 10.3. The summed E-state index contributed by atoms with van der Waals surface area (Å²) in [6, 6.07) is 6.25. The minimum absolute atomic E-state index is 0.194. The van der Waals surface area contributed by atoms with Crippen LogP contribution in [0.15, 0.2) is 48.2 Å². The Morgan fingerprint density at radius 1 is 0.413 bits per heavy atom. The van der Waals surface area contributed by atoms with Gasteiger partial charge in [-0.15, -0.1) is 46.4 Å². The first kappa shape index (κ1) is 35.5. The average Bonchev–Trinajstić information content (AvgIpc) is 3.81. The Balaban J connectivity index is 0.000000744. The highest BCUT2D eigenvalue weighted by Gasteiger charge is 2.37. The maximum atomic E-state index is 4.83. The summed E-state index contributed by atoms with van der Waals surface area (Å²) in [4.78, 5) is 30.7. The summed E-state index contributed by atoms with van der Waals surface area (Å²) in [6.07, 6.45) is 4.77. The van der Waals surface area contributed by atoms with Crippen LogP contribution >= 0.6 is 46.4 Å². The standard InChI is InChI=1S/C27H33N13.2CH2Cl2/c1-7-16-13-19(10-4)38(34-16)25-28-22-30-26(39-20(11-5)14-17(8-2)35-39)32-24-33-27(31-23(29-25)37(22)24)40-21(12-6)15-18(9-3)36-40;2*2-1-3/h13-15H,7-12H2,1-6H3;2*1H2. The molecule has 0 bridgehead atoms. The normalized spacial score (nSPS) is 14.9. The van der Waals surface area contributed by atoms with Crippen molar-refractivity contribution in [1.29, 1.82) is 0 Å². The fraction of sp³-hybridized carbons (Fsp3) is 0.483. The Morgan fingerprint density at radius 2 is 0.652 bits per heavy atom. The predicted molar refractivity (Wildman–Crippen MR) is 189 cm³/mol. The molecule has 13 nitrogen and oxygen atoms in total. The van der Waals surface area contributed by atoms with Gasteiger partial charge < -0.3 is 0 Å². The van der Waals surface area contributed by atoms with Crippen molar-refractivity contribution < 1.29 is 0 Å². The number of aromatic nitrogens is 6.